The highest BCUT2D eigenvalue weighted by Crippen LogP contribution is 2.30. The standard InChI is InChI=1S/C29H32N10O4/c1-5-39-22(12-16(2)36-39)27(42)35-29-33-19-13-17(25(30)40)8-9-21(19)37(29)10-6-7-11-38-24-20(34-28(38)32-3)14-18(26(31)41)15-23(24)43-4/h6-9,12-15H,5,10-11H2,1-4H3,(H2,30,40)(H2,31,41)(H,32,34)(H,33,35,42)/b7-6+. The Balaban J connectivity index is 1.48. The monoisotopic (exact) mass is 584 g/mol. The molecule has 0 aliphatic heterocycles. The van der Waals surface area contributed by atoms with Gasteiger partial charge in [0.1, 0.15) is 17.0 Å². The zero-order valence-electron chi connectivity index (χ0n) is 24.2. The third-order valence-corrected chi connectivity index (χ3v) is 6.97. The van der Waals surface area contributed by atoms with Gasteiger partial charge in [-0.3, -0.25) is 24.4 Å². The molecule has 14 nitrogen and oxygen atoms in total. The first-order valence-electron chi connectivity index (χ1n) is 13.5. The summed E-state index contributed by atoms with van der Waals surface area (Å²) in [4.78, 5) is 46.0. The number of benzene rings is 2. The van der Waals surface area contributed by atoms with Gasteiger partial charge in [0.25, 0.3) is 5.91 Å². The Morgan fingerprint density at radius 1 is 0.930 bits per heavy atom. The fourth-order valence-corrected chi connectivity index (χ4v) is 4.95. The Hall–Kier alpha value is -5.66. The first-order chi connectivity index (χ1) is 20.6. The SMILES string of the molecule is CCn1nc(C)cc1C(=O)Nc1nc2cc(C(N)=O)ccc2n1C/C=C/Cn1c(NC)nc2cc(C(N)=O)cc(OC)c21. The summed E-state index contributed by atoms with van der Waals surface area (Å²) in [6.45, 7) is 5.02. The third kappa shape index (κ3) is 5.49. The van der Waals surface area contributed by atoms with Gasteiger partial charge in [-0.1, -0.05) is 12.2 Å². The maximum Gasteiger partial charge on any atom is 0.276 e. The second kappa shape index (κ2) is 11.7. The maximum atomic E-state index is 13.2. The quantitative estimate of drug-likeness (QED) is 0.170. The average molecular weight is 585 g/mol. The fourth-order valence-electron chi connectivity index (χ4n) is 4.95. The summed E-state index contributed by atoms with van der Waals surface area (Å²) < 4.78 is 10.9. The van der Waals surface area contributed by atoms with Crippen molar-refractivity contribution in [2.45, 2.75) is 33.5 Å². The van der Waals surface area contributed by atoms with Crippen LogP contribution in [0.4, 0.5) is 11.9 Å². The number of nitrogens with zero attached hydrogens (tertiary/aromatic N) is 6. The number of allylic oxidation sites excluding steroid dienone is 2. The molecule has 3 heterocycles. The van der Waals surface area contributed by atoms with Crippen molar-refractivity contribution in [1.29, 1.82) is 0 Å². The van der Waals surface area contributed by atoms with Crippen molar-refractivity contribution in [3.05, 3.63) is 71.1 Å². The van der Waals surface area contributed by atoms with Crippen molar-refractivity contribution in [3.8, 4) is 5.75 Å². The Morgan fingerprint density at radius 3 is 2.26 bits per heavy atom. The van der Waals surface area contributed by atoms with Crippen LogP contribution in [0.15, 0.2) is 48.6 Å². The first kappa shape index (κ1) is 28.9. The Morgan fingerprint density at radius 2 is 1.60 bits per heavy atom. The van der Waals surface area contributed by atoms with Crippen LogP contribution in [-0.2, 0) is 19.6 Å². The summed E-state index contributed by atoms with van der Waals surface area (Å²) >= 11 is 0. The van der Waals surface area contributed by atoms with Crippen LogP contribution in [0.1, 0.15) is 43.8 Å². The third-order valence-electron chi connectivity index (χ3n) is 6.97. The van der Waals surface area contributed by atoms with Crippen molar-refractivity contribution < 1.29 is 19.1 Å². The largest absolute Gasteiger partial charge is 0.494 e. The second-order valence-electron chi connectivity index (χ2n) is 9.73. The number of aryl methyl sites for hydroxylation is 2. The molecule has 3 amide bonds. The minimum Gasteiger partial charge on any atom is -0.494 e. The van der Waals surface area contributed by atoms with Gasteiger partial charge in [-0.05, 0) is 50.2 Å². The summed E-state index contributed by atoms with van der Waals surface area (Å²) in [6, 6.07) is 9.89. The molecular formula is C29H32N10O4. The van der Waals surface area contributed by atoms with E-state index < -0.39 is 11.8 Å². The van der Waals surface area contributed by atoms with Gasteiger partial charge in [0, 0.05) is 37.8 Å². The van der Waals surface area contributed by atoms with Gasteiger partial charge < -0.3 is 30.7 Å². The molecule has 0 radical (unpaired) electrons. The topological polar surface area (TPSA) is 190 Å². The molecular weight excluding hydrogens is 552 g/mol. The highest BCUT2D eigenvalue weighted by molar-refractivity contribution is 6.03. The van der Waals surface area contributed by atoms with Crippen molar-refractivity contribution >= 4 is 51.7 Å². The summed E-state index contributed by atoms with van der Waals surface area (Å²) in [6.07, 6.45) is 3.86. The van der Waals surface area contributed by atoms with E-state index in [2.05, 4.69) is 25.7 Å². The highest BCUT2D eigenvalue weighted by atomic mass is 16.5. The number of nitrogens with two attached hydrogens (primary N) is 2. The van der Waals surface area contributed by atoms with Gasteiger partial charge in [-0.15, -0.1) is 0 Å². The molecule has 0 saturated heterocycles. The van der Waals surface area contributed by atoms with Crippen LogP contribution in [0.3, 0.4) is 0 Å². The van der Waals surface area contributed by atoms with Crippen LogP contribution in [0.5, 0.6) is 5.75 Å². The van der Waals surface area contributed by atoms with Crippen LogP contribution < -0.4 is 26.8 Å². The molecule has 222 valence electrons. The number of ether oxygens (including phenoxy) is 1. The smallest absolute Gasteiger partial charge is 0.276 e. The van der Waals surface area contributed by atoms with Crippen molar-refractivity contribution in [1.82, 2.24) is 28.9 Å². The number of hydrogen-bond donors (Lipinski definition) is 4. The van der Waals surface area contributed by atoms with Gasteiger partial charge in [0.2, 0.25) is 23.7 Å². The van der Waals surface area contributed by atoms with E-state index in [9.17, 15) is 14.4 Å². The van der Waals surface area contributed by atoms with Gasteiger partial charge in [0.15, 0.2) is 0 Å². The Kier molecular flexibility index (Phi) is 7.84. The maximum absolute atomic E-state index is 13.2. The number of amides is 3. The number of methoxy groups -OCH3 is 1. The molecule has 14 heteroatoms. The molecule has 0 bridgehead atoms. The van der Waals surface area contributed by atoms with Crippen LogP contribution >= 0.6 is 0 Å². The van der Waals surface area contributed by atoms with Crippen molar-refractivity contribution in [2.24, 2.45) is 11.5 Å². The van der Waals surface area contributed by atoms with Crippen LogP contribution in [-0.4, -0.2) is 60.8 Å². The Bertz CT molecular complexity index is 1910. The van der Waals surface area contributed by atoms with E-state index in [1.807, 2.05) is 35.1 Å². The molecule has 3 aromatic heterocycles. The van der Waals surface area contributed by atoms with E-state index in [1.165, 1.54) is 7.11 Å². The average Bonchev–Trinajstić information content (AvgIpc) is 3.66. The van der Waals surface area contributed by atoms with Gasteiger partial charge in [0.05, 0.1) is 29.4 Å². The molecule has 0 aliphatic rings. The minimum atomic E-state index is -0.576. The second-order valence-corrected chi connectivity index (χ2v) is 9.73. The number of fused-ring (bicyclic) bond motifs is 2. The fraction of sp³-hybridized carbons (Fsp3) is 0.241. The van der Waals surface area contributed by atoms with Crippen molar-refractivity contribution in [3.63, 3.8) is 0 Å². The van der Waals surface area contributed by atoms with Crippen LogP contribution in [0, 0.1) is 6.92 Å². The van der Waals surface area contributed by atoms with Crippen LogP contribution in [0.25, 0.3) is 22.1 Å². The van der Waals surface area contributed by atoms with E-state index in [-0.39, 0.29) is 5.91 Å². The molecule has 0 unspecified atom stereocenters. The molecule has 5 aromatic rings. The van der Waals surface area contributed by atoms with E-state index in [4.69, 9.17) is 16.2 Å². The number of aromatic nitrogens is 6. The van der Waals surface area contributed by atoms with Gasteiger partial charge in [-0.2, -0.15) is 5.10 Å². The summed E-state index contributed by atoms with van der Waals surface area (Å²) in [5, 5.41) is 10.3. The van der Waals surface area contributed by atoms with Crippen molar-refractivity contribution in [2.75, 3.05) is 24.8 Å². The predicted molar refractivity (Wildman–Crippen MR) is 162 cm³/mol. The summed E-state index contributed by atoms with van der Waals surface area (Å²) in [5.41, 5.74) is 15.2. The number of hydrogen-bond acceptors (Lipinski definition) is 8. The Labute approximate surface area is 246 Å². The van der Waals surface area contributed by atoms with Gasteiger partial charge in [-0.25, -0.2) is 9.97 Å². The lowest BCUT2D eigenvalue weighted by atomic mass is 10.1. The lowest BCUT2D eigenvalue weighted by molar-refractivity contribution is 0.0992. The molecule has 0 spiro atoms. The molecule has 2 aromatic carbocycles. The number of nitrogens with one attached hydrogen (secondary N) is 2. The van der Waals surface area contributed by atoms with Gasteiger partial charge >= 0.3 is 0 Å². The van der Waals surface area contributed by atoms with E-state index in [0.717, 1.165) is 5.69 Å². The zero-order chi connectivity index (χ0) is 30.8. The van der Waals surface area contributed by atoms with E-state index >= 15 is 0 Å². The minimum absolute atomic E-state index is 0.297. The molecule has 0 fully saturated rings. The molecule has 0 saturated carbocycles. The number of imidazole rings is 2. The molecule has 5 rings (SSSR count). The first-order valence-corrected chi connectivity index (χ1v) is 13.5. The highest BCUT2D eigenvalue weighted by Gasteiger charge is 2.19. The predicted octanol–water partition coefficient (Wildman–Crippen LogP) is 2.67. The van der Waals surface area contributed by atoms with E-state index in [0.29, 0.717) is 76.2 Å². The molecule has 0 atom stereocenters. The van der Waals surface area contributed by atoms with E-state index in [1.54, 1.807) is 48.1 Å². The number of carbonyl (C=O) groups is 3. The number of anilines is 2. The molecule has 0 aliphatic carbocycles. The lowest BCUT2D eigenvalue weighted by Crippen LogP contribution is -2.19. The number of rotatable bonds is 11. The molecule has 6 N–H and O–H groups in total. The number of primary amides is 2. The zero-order valence-corrected chi connectivity index (χ0v) is 24.2. The van der Waals surface area contributed by atoms with Crippen LogP contribution in [0.2, 0.25) is 0 Å². The molecule has 43 heavy (non-hydrogen) atoms. The lowest BCUT2D eigenvalue weighted by Gasteiger charge is -2.10. The summed E-state index contributed by atoms with van der Waals surface area (Å²) in [7, 11) is 3.27. The normalized spacial score (nSPS) is 11.4. The number of carbonyl (C=O) groups excluding carboxylic acids is 3. The summed E-state index contributed by atoms with van der Waals surface area (Å²) in [5.74, 6) is -0.168.